The number of aliphatic carboxylic acids is 1. The van der Waals surface area contributed by atoms with E-state index in [1.165, 1.54) is 14.2 Å². The zero-order chi connectivity index (χ0) is 15.6. The summed E-state index contributed by atoms with van der Waals surface area (Å²) in [6.07, 6.45) is 1.66. The summed E-state index contributed by atoms with van der Waals surface area (Å²) in [5, 5.41) is 11.7. The van der Waals surface area contributed by atoms with Gasteiger partial charge in [-0.2, -0.15) is 0 Å². The van der Waals surface area contributed by atoms with Crippen LogP contribution < -0.4 is 14.8 Å². The fourth-order valence-electron chi connectivity index (χ4n) is 2.25. The lowest BCUT2D eigenvalue weighted by atomic mass is 10.1. The standard InChI is InChI=1S/C15H19NO5/c1-8-11(20-2)6-10(7-12(8)21-3)14(17)16-13(15(18)19)9-4-5-9/h6-7,9,13H,4-5H2,1-3H3,(H,16,17)(H,18,19). The van der Waals surface area contributed by atoms with Gasteiger partial charge >= 0.3 is 5.97 Å². The fourth-order valence-corrected chi connectivity index (χ4v) is 2.25. The van der Waals surface area contributed by atoms with E-state index in [-0.39, 0.29) is 5.92 Å². The van der Waals surface area contributed by atoms with Gasteiger partial charge in [0.05, 0.1) is 14.2 Å². The van der Waals surface area contributed by atoms with E-state index in [0.717, 1.165) is 18.4 Å². The number of rotatable bonds is 6. The third-order valence-corrected chi connectivity index (χ3v) is 3.66. The van der Waals surface area contributed by atoms with E-state index in [0.29, 0.717) is 17.1 Å². The quantitative estimate of drug-likeness (QED) is 0.832. The number of hydrogen-bond donors (Lipinski definition) is 2. The van der Waals surface area contributed by atoms with E-state index in [1.54, 1.807) is 12.1 Å². The number of carbonyl (C=O) groups excluding carboxylic acids is 1. The van der Waals surface area contributed by atoms with E-state index in [9.17, 15) is 9.59 Å². The van der Waals surface area contributed by atoms with Gasteiger partial charge < -0.3 is 19.9 Å². The molecule has 0 aromatic heterocycles. The van der Waals surface area contributed by atoms with Crippen LogP contribution in [-0.4, -0.2) is 37.2 Å². The first kappa shape index (κ1) is 15.2. The molecule has 1 atom stereocenters. The van der Waals surface area contributed by atoms with Crippen LogP contribution in [-0.2, 0) is 4.79 Å². The average Bonchev–Trinajstić information content (AvgIpc) is 3.28. The van der Waals surface area contributed by atoms with E-state index in [1.807, 2.05) is 6.92 Å². The number of carbonyl (C=O) groups is 2. The Labute approximate surface area is 123 Å². The lowest BCUT2D eigenvalue weighted by Gasteiger charge is -2.16. The summed E-state index contributed by atoms with van der Waals surface area (Å²) in [6, 6.07) is 2.33. The summed E-state index contributed by atoms with van der Waals surface area (Å²) >= 11 is 0. The smallest absolute Gasteiger partial charge is 0.326 e. The van der Waals surface area contributed by atoms with Crippen molar-refractivity contribution in [2.75, 3.05) is 14.2 Å². The molecule has 1 aliphatic rings. The molecule has 1 amide bonds. The number of nitrogens with one attached hydrogen (secondary N) is 1. The molecule has 21 heavy (non-hydrogen) atoms. The molecule has 0 heterocycles. The summed E-state index contributed by atoms with van der Waals surface area (Å²) < 4.78 is 10.4. The summed E-state index contributed by atoms with van der Waals surface area (Å²) in [5.41, 5.74) is 1.11. The average molecular weight is 293 g/mol. The third-order valence-electron chi connectivity index (χ3n) is 3.66. The first-order chi connectivity index (χ1) is 9.97. The van der Waals surface area contributed by atoms with Crippen molar-refractivity contribution in [1.82, 2.24) is 5.32 Å². The largest absolute Gasteiger partial charge is 0.496 e. The number of carboxylic acid groups (broad SMARTS) is 1. The minimum atomic E-state index is -1.00. The van der Waals surface area contributed by atoms with Crippen LogP contribution in [0.25, 0.3) is 0 Å². The maximum atomic E-state index is 12.3. The first-order valence-corrected chi connectivity index (χ1v) is 6.74. The summed E-state index contributed by atoms with van der Waals surface area (Å²) in [4.78, 5) is 23.4. The Kier molecular flexibility index (Phi) is 4.35. The van der Waals surface area contributed by atoms with Crippen LogP contribution in [0.4, 0.5) is 0 Å². The van der Waals surface area contributed by atoms with Crippen molar-refractivity contribution in [3.63, 3.8) is 0 Å². The topological polar surface area (TPSA) is 84.9 Å². The Morgan fingerprint density at radius 1 is 1.24 bits per heavy atom. The van der Waals surface area contributed by atoms with Crippen LogP contribution in [0, 0.1) is 12.8 Å². The van der Waals surface area contributed by atoms with Crippen LogP contribution in [0.2, 0.25) is 0 Å². The molecule has 0 spiro atoms. The van der Waals surface area contributed by atoms with E-state index >= 15 is 0 Å². The van der Waals surface area contributed by atoms with E-state index < -0.39 is 17.9 Å². The molecular weight excluding hydrogens is 274 g/mol. The molecule has 1 saturated carbocycles. The second kappa shape index (κ2) is 6.03. The van der Waals surface area contributed by atoms with Crippen molar-refractivity contribution in [2.24, 2.45) is 5.92 Å². The van der Waals surface area contributed by atoms with Gasteiger partial charge in [0, 0.05) is 11.1 Å². The van der Waals surface area contributed by atoms with Gasteiger partial charge in [0.15, 0.2) is 0 Å². The normalized spacial score (nSPS) is 15.2. The Morgan fingerprint density at radius 3 is 2.14 bits per heavy atom. The van der Waals surface area contributed by atoms with Gasteiger partial charge in [-0.3, -0.25) is 4.79 Å². The maximum absolute atomic E-state index is 12.3. The van der Waals surface area contributed by atoms with Crippen molar-refractivity contribution < 1.29 is 24.2 Å². The van der Waals surface area contributed by atoms with Gasteiger partial charge in [0.25, 0.3) is 5.91 Å². The Hall–Kier alpha value is -2.24. The van der Waals surface area contributed by atoms with Crippen LogP contribution in [0.1, 0.15) is 28.8 Å². The third kappa shape index (κ3) is 3.26. The van der Waals surface area contributed by atoms with Crippen molar-refractivity contribution in [2.45, 2.75) is 25.8 Å². The van der Waals surface area contributed by atoms with Crippen molar-refractivity contribution in [3.05, 3.63) is 23.3 Å². The highest BCUT2D eigenvalue weighted by Crippen LogP contribution is 2.33. The van der Waals surface area contributed by atoms with Crippen LogP contribution in [0.3, 0.4) is 0 Å². The molecule has 1 aromatic carbocycles. The number of hydrogen-bond acceptors (Lipinski definition) is 4. The Bertz CT molecular complexity index is 540. The number of amides is 1. The SMILES string of the molecule is COc1cc(C(=O)NC(C(=O)O)C2CC2)cc(OC)c1C. The van der Waals surface area contributed by atoms with Gasteiger partial charge in [-0.15, -0.1) is 0 Å². The molecule has 0 bridgehead atoms. The van der Waals surface area contributed by atoms with Crippen molar-refractivity contribution in [1.29, 1.82) is 0 Å². The van der Waals surface area contributed by atoms with Gasteiger partial charge in [0.1, 0.15) is 17.5 Å². The molecule has 1 aromatic rings. The molecule has 114 valence electrons. The zero-order valence-electron chi connectivity index (χ0n) is 12.3. The molecule has 2 rings (SSSR count). The highest BCUT2D eigenvalue weighted by atomic mass is 16.5. The van der Waals surface area contributed by atoms with Crippen LogP contribution in [0.5, 0.6) is 11.5 Å². The lowest BCUT2D eigenvalue weighted by molar-refractivity contribution is -0.139. The van der Waals surface area contributed by atoms with Crippen molar-refractivity contribution in [3.8, 4) is 11.5 Å². The predicted molar refractivity (Wildman–Crippen MR) is 75.9 cm³/mol. The Balaban J connectivity index is 2.24. The molecule has 0 radical (unpaired) electrons. The molecule has 6 heteroatoms. The van der Waals surface area contributed by atoms with E-state index in [2.05, 4.69) is 5.32 Å². The lowest BCUT2D eigenvalue weighted by Crippen LogP contribution is -2.42. The molecule has 1 aliphatic carbocycles. The fraction of sp³-hybridized carbons (Fsp3) is 0.467. The summed E-state index contributed by atoms with van der Waals surface area (Å²) in [6.45, 7) is 1.82. The highest BCUT2D eigenvalue weighted by Gasteiger charge is 2.37. The number of ether oxygens (including phenoxy) is 2. The van der Waals surface area contributed by atoms with Crippen LogP contribution >= 0.6 is 0 Å². The summed E-state index contributed by atoms with van der Waals surface area (Å²) in [5.74, 6) is -0.362. The van der Waals surface area contributed by atoms with Crippen LogP contribution in [0.15, 0.2) is 12.1 Å². The Morgan fingerprint density at radius 2 is 1.76 bits per heavy atom. The minimum Gasteiger partial charge on any atom is -0.496 e. The molecule has 1 unspecified atom stereocenters. The molecular formula is C15H19NO5. The summed E-state index contributed by atoms with van der Waals surface area (Å²) in [7, 11) is 3.02. The van der Waals surface area contributed by atoms with Gasteiger partial charge in [-0.25, -0.2) is 4.79 Å². The monoisotopic (exact) mass is 293 g/mol. The number of methoxy groups -OCH3 is 2. The van der Waals surface area contributed by atoms with Gasteiger partial charge in [-0.05, 0) is 37.8 Å². The molecule has 0 aliphatic heterocycles. The second-order valence-corrected chi connectivity index (χ2v) is 5.13. The van der Waals surface area contributed by atoms with E-state index in [4.69, 9.17) is 14.6 Å². The molecule has 2 N–H and O–H groups in total. The van der Waals surface area contributed by atoms with Gasteiger partial charge in [0.2, 0.25) is 0 Å². The number of benzene rings is 1. The predicted octanol–water partition coefficient (Wildman–Crippen LogP) is 1.61. The molecule has 0 saturated heterocycles. The second-order valence-electron chi connectivity index (χ2n) is 5.13. The van der Waals surface area contributed by atoms with Gasteiger partial charge in [-0.1, -0.05) is 0 Å². The highest BCUT2D eigenvalue weighted by molar-refractivity contribution is 5.97. The molecule has 6 nitrogen and oxygen atoms in total. The first-order valence-electron chi connectivity index (χ1n) is 6.74. The zero-order valence-corrected chi connectivity index (χ0v) is 12.3. The maximum Gasteiger partial charge on any atom is 0.326 e. The number of carboxylic acids is 1. The minimum absolute atomic E-state index is 0.0284. The molecule has 1 fully saturated rings. The van der Waals surface area contributed by atoms with Crippen molar-refractivity contribution >= 4 is 11.9 Å².